The van der Waals surface area contributed by atoms with Gasteiger partial charge in [0.05, 0.1) is 5.75 Å². The Hall–Kier alpha value is -0.930. The van der Waals surface area contributed by atoms with Crippen LogP contribution in [0.1, 0.15) is 0 Å². The van der Waals surface area contributed by atoms with E-state index in [0.717, 1.165) is 11.5 Å². The number of anilines is 2. The molecule has 0 spiro atoms. The van der Waals surface area contributed by atoms with Crippen LogP contribution in [0.25, 0.3) is 0 Å². The van der Waals surface area contributed by atoms with E-state index in [0.29, 0.717) is 5.13 Å². The fourth-order valence-corrected chi connectivity index (χ4v) is 1.52. The molecule has 0 atom stereocenters. The average molecular weight is 223 g/mol. The van der Waals surface area contributed by atoms with Gasteiger partial charge >= 0.3 is 0 Å². The maximum Gasteiger partial charge on any atom is 0.233 e. The number of primary sulfonamides is 1. The number of nitrogens with zero attached hydrogens (tertiary/aromatic N) is 2. The monoisotopic (exact) mass is 223 g/mol. The largest absolute Gasteiger partial charge is 0.367 e. The fourth-order valence-electron chi connectivity index (χ4n) is 0.607. The average Bonchev–Trinajstić information content (AvgIpc) is 2.33. The lowest BCUT2D eigenvalue weighted by atomic mass is 10.7. The van der Waals surface area contributed by atoms with Crippen LogP contribution in [-0.4, -0.2) is 30.1 Å². The fraction of sp³-hybridized carbons (Fsp3) is 0.500. The van der Waals surface area contributed by atoms with Gasteiger partial charge in [-0.15, -0.1) is 0 Å². The molecule has 7 nitrogen and oxygen atoms in total. The first-order chi connectivity index (χ1) is 5.97. The molecule has 0 bridgehead atoms. The molecular formula is C4H9N5O2S2. The Morgan fingerprint density at radius 3 is 2.69 bits per heavy atom. The van der Waals surface area contributed by atoms with Gasteiger partial charge in [0.15, 0.2) is 0 Å². The lowest BCUT2D eigenvalue weighted by Crippen LogP contribution is -2.22. The van der Waals surface area contributed by atoms with Crippen LogP contribution in [-0.2, 0) is 10.0 Å². The molecule has 0 aliphatic carbocycles. The molecule has 0 fully saturated rings. The lowest BCUT2D eigenvalue weighted by Gasteiger charge is -1.98. The van der Waals surface area contributed by atoms with E-state index in [2.05, 4.69) is 14.7 Å². The van der Waals surface area contributed by atoms with Gasteiger partial charge in [-0.05, 0) is 0 Å². The van der Waals surface area contributed by atoms with Crippen LogP contribution in [0, 0.1) is 0 Å². The molecule has 13 heavy (non-hydrogen) atoms. The van der Waals surface area contributed by atoms with Crippen LogP contribution in [0.5, 0.6) is 0 Å². The van der Waals surface area contributed by atoms with Gasteiger partial charge in [0.25, 0.3) is 0 Å². The number of nitrogens with one attached hydrogen (secondary N) is 1. The maximum absolute atomic E-state index is 10.5. The number of nitrogen functional groups attached to an aromatic ring is 1. The summed E-state index contributed by atoms with van der Waals surface area (Å²) in [6.45, 7) is 0.202. The highest BCUT2D eigenvalue weighted by molar-refractivity contribution is 7.89. The summed E-state index contributed by atoms with van der Waals surface area (Å²) in [5.74, 6) is 0.0232. The molecule has 0 saturated carbocycles. The number of aromatic nitrogens is 2. The second kappa shape index (κ2) is 3.85. The molecule has 1 rings (SSSR count). The summed E-state index contributed by atoms with van der Waals surface area (Å²) >= 11 is 1.07. The van der Waals surface area contributed by atoms with Gasteiger partial charge < -0.3 is 11.1 Å². The summed E-state index contributed by atoms with van der Waals surface area (Å²) < 4.78 is 24.7. The smallest absolute Gasteiger partial charge is 0.233 e. The molecule has 0 aromatic carbocycles. The van der Waals surface area contributed by atoms with E-state index in [4.69, 9.17) is 10.9 Å². The molecular weight excluding hydrogens is 214 g/mol. The molecule has 0 unspecified atom stereocenters. The Balaban J connectivity index is 2.36. The molecule has 0 aliphatic heterocycles. The first kappa shape index (κ1) is 10.2. The van der Waals surface area contributed by atoms with Crippen molar-refractivity contribution in [2.24, 2.45) is 5.14 Å². The van der Waals surface area contributed by atoms with Gasteiger partial charge in [-0.1, -0.05) is 0 Å². The van der Waals surface area contributed by atoms with E-state index in [1.807, 2.05) is 0 Å². The molecule has 0 amide bonds. The Bertz CT molecular complexity index is 372. The van der Waals surface area contributed by atoms with Crippen LogP contribution < -0.4 is 16.2 Å². The normalized spacial score (nSPS) is 11.5. The summed E-state index contributed by atoms with van der Waals surface area (Å²) in [6, 6.07) is 0. The predicted molar refractivity (Wildman–Crippen MR) is 50.8 cm³/mol. The summed E-state index contributed by atoms with van der Waals surface area (Å²) in [6.07, 6.45) is 0. The lowest BCUT2D eigenvalue weighted by molar-refractivity contribution is 0.598. The van der Waals surface area contributed by atoms with Gasteiger partial charge in [0.2, 0.25) is 21.1 Å². The van der Waals surface area contributed by atoms with Gasteiger partial charge in [-0.25, -0.2) is 13.6 Å². The van der Waals surface area contributed by atoms with Crippen molar-refractivity contribution in [2.75, 3.05) is 23.3 Å². The van der Waals surface area contributed by atoms with Crippen LogP contribution in [0.2, 0.25) is 0 Å². The third-order valence-electron chi connectivity index (χ3n) is 1.10. The van der Waals surface area contributed by atoms with E-state index in [1.54, 1.807) is 0 Å². The second-order valence-electron chi connectivity index (χ2n) is 2.25. The van der Waals surface area contributed by atoms with E-state index in [-0.39, 0.29) is 18.2 Å². The summed E-state index contributed by atoms with van der Waals surface area (Å²) in [7, 11) is -3.42. The third kappa shape index (κ3) is 4.01. The number of sulfonamides is 1. The molecule has 1 heterocycles. The Kier molecular flexibility index (Phi) is 3.01. The number of hydrogen-bond donors (Lipinski definition) is 3. The highest BCUT2D eigenvalue weighted by Crippen LogP contribution is 2.10. The molecule has 5 N–H and O–H groups in total. The zero-order valence-corrected chi connectivity index (χ0v) is 8.23. The van der Waals surface area contributed by atoms with Crippen LogP contribution in [0.15, 0.2) is 0 Å². The summed E-state index contributed by atoms with van der Waals surface area (Å²) in [4.78, 5) is 3.77. The molecule has 0 radical (unpaired) electrons. The quantitative estimate of drug-likeness (QED) is 0.590. The van der Waals surface area contributed by atoms with Crippen molar-refractivity contribution in [3.63, 3.8) is 0 Å². The van der Waals surface area contributed by atoms with Crippen molar-refractivity contribution >= 4 is 32.6 Å². The van der Waals surface area contributed by atoms with Gasteiger partial charge in [0, 0.05) is 18.1 Å². The zero-order chi connectivity index (χ0) is 9.90. The van der Waals surface area contributed by atoms with E-state index >= 15 is 0 Å². The SMILES string of the molecule is Nc1nsc(NCCS(N)(=O)=O)n1. The zero-order valence-electron chi connectivity index (χ0n) is 6.60. The van der Waals surface area contributed by atoms with E-state index < -0.39 is 10.0 Å². The Labute approximate surface area is 79.4 Å². The minimum absolute atomic E-state index is 0.146. The van der Waals surface area contributed by atoms with E-state index in [1.165, 1.54) is 0 Å². The first-order valence-corrected chi connectivity index (χ1v) is 5.80. The second-order valence-corrected chi connectivity index (χ2v) is 4.74. The highest BCUT2D eigenvalue weighted by atomic mass is 32.2. The van der Waals surface area contributed by atoms with Crippen LogP contribution >= 0.6 is 11.5 Å². The van der Waals surface area contributed by atoms with E-state index in [9.17, 15) is 8.42 Å². The van der Waals surface area contributed by atoms with Gasteiger partial charge in [-0.2, -0.15) is 9.36 Å². The summed E-state index contributed by atoms with van der Waals surface area (Å²) in [5, 5.41) is 7.99. The first-order valence-electron chi connectivity index (χ1n) is 3.31. The highest BCUT2D eigenvalue weighted by Gasteiger charge is 2.03. The van der Waals surface area contributed by atoms with Crippen molar-refractivity contribution in [3.8, 4) is 0 Å². The molecule has 1 aromatic heterocycles. The predicted octanol–water partition coefficient (Wildman–Crippen LogP) is -1.18. The third-order valence-corrected chi connectivity index (χ3v) is 2.56. The Morgan fingerprint density at radius 2 is 2.23 bits per heavy atom. The van der Waals surface area contributed by atoms with Crippen molar-refractivity contribution in [2.45, 2.75) is 0 Å². The molecule has 9 heteroatoms. The number of nitrogens with two attached hydrogens (primary N) is 2. The number of hydrogen-bond acceptors (Lipinski definition) is 7. The van der Waals surface area contributed by atoms with Crippen molar-refractivity contribution < 1.29 is 8.42 Å². The topological polar surface area (TPSA) is 124 Å². The van der Waals surface area contributed by atoms with Crippen LogP contribution in [0.3, 0.4) is 0 Å². The minimum Gasteiger partial charge on any atom is -0.367 e. The molecule has 1 aromatic rings. The van der Waals surface area contributed by atoms with Gasteiger partial charge in [-0.3, -0.25) is 0 Å². The van der Waals surface area contributed by atoms with Crippen molar-refractivity contribution in [1.82, 2.24) is 9.36 Å². The van der Waals surface area contributed by atoms with Crippen LogP contribution in [0.4, 0.5) is 11.1 Å². The van der Waals surface area contributed by atoms with Gasteiger partial charge in [0.1, 0.15) is 0 Å². The molecule has 74 valence electrons. The number of rotatable bonds is 4. The standard InChI is InChI=1S/C4H9N5O2S2/c5-3-8-4(12-9-3)7-1-2-13(6,10)11/h1-2H2,(H2,6,10,11)(H3,5,7,8,9). The maximum atomic E-state index is 10.5. The molecule has 0 saturated heterocycles. The van der Waals surface area contributed by atoms with Crippen molar-refractivity contribution in [1.29, 1.82) is 0 Å². The van der Waals surface area contributed by atoms with Crippen molar-refractivity contribution in [3.05, 3.63) is 0 Å². The minimum atomic E-state index is -3.42. The summed E-state index contributed by atoms with van der Waals surface area (Å²) in [5.41, 5.74) is 5.24. The molecule has 0 aliphatic rings. The Morgan fingerprint density at radius 1 is 1.54 bits per heavy atom.